The van der Waals surface area contributed by atoms with Crippen LogP contribution in [0, 0.1) is 11.3 Å². The molecule has 0 spiro atoms. The molecule has 0 aliphatic heterocycles. The normalized spacial score (nSPS) is 30.4. The Bertz CT molecular complexity index is 355. The fourth-order valence-corrected chi connectivity index (χ4v) is 2.60. The third kappa shape index (κ3) is 1.71. The number of carbonyl (C=O) groups excluding carboxylic acids is 1. The van der Waals surface area contributed by atoms with Crippen LogP contribution >= 0.6 is 0 Å². The Morgan fingerprint density at radius 1 is 1.33 bits per heavy atom. The predicted octanol–water partition coefficient (Wildman–Crippen LogP) is 3.70. The molecule has 0 amide bonds. The van der Waals surface area contributed by atoms with Crippen molar-refractivity contribution in [1.29, 1.82) is 0 Å². The highest BCUT2D eigenvalue weighted by Gasteiger charge is 2.42. The smallest absolute Gasteiger partial charge is 0.168 e. The lowest BCUT2D eigenvalue weighted by molar-refractivity contribution is 0.0765. The molecule has 0 N–H and O–H groups in total. The summed E-state index contributed by atoms with van der Waals surface area (Å²) in [7, 11) is 0. The molecule has 1 aliphatic carbocycles. The summed E-state index contributed by atoms with van der Waals surface area (Å²) in [6.45, 7) is 4.33. The number of hydrogen-bond donors (Lipinski definition) is 0. The maximum absolute atomic E-state index is 12.4. The molecule has 0 aromatic heterocycles. The molecule has 1 fully saturated rings. The highest BCUT2D eigenvalue weighted by molar-refractivity contribution is 6.00. The van der Waals surface area contributed by atoms with Crippen molar-refractivity contribution in [2.75, 3.05) is 0 Å². The average Bonchev–Trinajstić information content (AvgIpc) is 2.61. The van der Waals surface area contributed by atoms with Gasteiger partial charge in [0.15, 0.2) is 5.78 Å². The van der Waals surface area contributed by atoms with E-state index < -0.39 is 0 Å². The molecular formula is C14H18O. The number of ketones is 1. The van der Waals surface area contributed by atoms with Crippen LogP contribution in [0.15, 0.2) is 30.3 Å². The Labute approximate surface area is 91.5 Å². The van der Waals surface area contributed by atoms with Crippen molar-refractivity contribution in [3.63, 3.8) is 0 Å². The van der Waals surface area contributed by atoms with E-state index in [1.165, 1.54) is 12.8 Å². The summed E-state index contributed by atoms with van der Waals surface area (Å²) in [6, 6.07) is 9.70. The van der Waals surface area contributed by atoms with E-state index in [0.717, 1.165) is 12.0 Å². The van der Waals surface area contributed by atoms with E-state index in [-0.39, 0.29) is 5.41 Å². The van der Waals surface area contributed by atoms with Crippen molar-refractivity contribution in [1.82, 2.24) is 0 Å². The average molecular weight is 202 g/mol. The molecule has 2 atom stereocenters. The van der Waals surface area contributed by atoms with Crippen LogP contribution in [0.4, 0.5) is 0 Å². The van der Waals surface area contributed by atoms with Crippen LogP contribution in [0.2, 0.25) is 0 Å². The van der Waals surface area contributed by atoms with Gasteiger partial charge < -0.3 is 0 Å². The SMILES string of the molecule is CC1CCCC1(C)C(=O)c1ccccc1. The van der Waals surface area contributed by atoms with Gasteiger partial charge in [-0.15, -0.1) is 0 Å². The Kier molecular flexibility index (Phi) is 2.64. The van der Waals surface area contributed by atoms with Gasteiger partial charge in [0.1, 0.15) is 0 Å². The van der Waals surface area contributed by atoms with Crippen molar-refractivity contribution in [3.05, 3.63) is 35.9 Å². The Hall–Kier alpha value is -1.11. The zero-order valence-corrected chi connectivity index (χ0v) is 9.49. The molecule has 0 radical (unpaired) electrons. The second-order valence-corrected chi connectivity index (χ2v) is 4.91. The van der Waals surface area contributed by atoms with E-state index in [4.69, 9.17) is 0 Å². The summed E-state index contributed by atoms with van der Waals surface area (Å²) in [6.07, 6.45) is 3.42. The van der Waals surface area contributed by atoms with Gasteiger partial charge >= 0.3 is 0 Å². The van der Waals surface area contributed by atoms with E-state index >= 15 is 0 Å². The minimum atomic E-state index is -0.124. The summed E-state index contributed by atoms with van der Waals surface area (Å²) in [5, 5.41) is 0. The van der Waals surface area contributed by atoms with Gasteiger partial charge in [-0.2, -0.15) is 0 Å². The van der Waals surface area contributed by atoms with Crippen LogP contribution in [0.3, 0.4) is 0 Å². The molecule has 1 aliphatic rings. The minimum absolute atomic E-state index is 0.124. The van der Waals surface area contributed by atoms with E-state index in [0.29, 0.717) is 11.7 Å². The summed E-state index contributed by atoms with van der Waals surface area (Å²) in [5.41, 5.74) is 0.746. The third-order valence-electron chi connectivity index (χ3n) is 3.98. The molecule has 1 saturated carbocycles. The second-order valence-electron chi connectivity index (χ2n) is 4.91. The Morgan fingerprint density at radius 2 is 2.00 bits per heavy atom. The first kappa shape index (κ1) is 10.4. The summed E-state index contributed by atoms with van der Waals surface area (Å²) in [4.78, 5) is 12.4. The molecule has 2 rings (SSSR count). The Morgan fingerprint density at radius 3 is 2.53 bits per heavy atom. The minimum Gasteiger partial charge on any atom is -0.294 e. The Balaban J connectivity index is 2.28. The standard InChI is InChI=1S/C14H18O/c1-11-7-6-10-14(11,2)13(15)12-8-4-3-5-9-12/h3-5,8-9,11H,6-7,10H2,1-2H3. The lowest BCUT2D eigenvalue weighted by atomic mass is 9.75. The monoisotopic (exact) mass is 202 g/mol. The van der Waals surface area contributed by atoms with Crippen molar-refractivity contribution < 1.29 is 4.79 Å². The van der Waals surface area contributed by atoms with Crippen molar-refractivity contribution in [2.24, 2.45) is 11.3 Å². The van der Waals surface area contributed by atoms with E-state index in [1.807, 2.05) is 30.3 Å². The molecule has 1 heteroatoms. The molecule has 80 valence electrons. The number of carbonyl (C=O) groups is 1. The number of hydrogen-bond acceptors (Lipinski definition) is 1. The van der Waals surface area contributed by atoms with Gasteiger partial charge in [0.2, 0.25) is 0 Å². The molecule has 2 unspecified atom stereocenters. The topological polar surface area (TPSA) is 17.1 Å². The third-order valence-corrected chi connectivity index (χ3v) is 3.98. The van der Waals surface area contributed by atoms with Crippen LogP contribution < -0.4 is 0 Å². The van der Waals surface area contributed by atoms with Crippen molar-refractivity contribution in [3.8, 4) is 0 Å². The maximum Gasteiger partial charge on any atom is 0.168 e. The van der Waals surface area contributed by atoms with Gasteiger partial charge in [-0.1, -0.05) is 50.6 Å². The molecule has 1 aromatic rings. The first-order valence-electron chi connectivity index (χ1n) is 5.74. The van der Waals surface area contributed by atoms with Crippen LogP contribution in [-0.2, 0) is 0 Å². The molecule has 0 saturated heterocycles. The number of benzene rings is 1. The lowest BCUT2D eigenvalue weighted by Crippen LogP contribution is -2.30. The van der Waals surface area contributed by atoms with E-state index in [2.05, 4.69) is 13.8 Å². The molecule has 0 bridgehead atoms. The molecule has 1 aromatic carbocycles. The highest BCUT2D eigenvalue weighted by Crippen LogP contribution is 2.44. The van der Waals surface area contributed by atoms with Crippen LogP contribution in [0.25, 0.3) is 0 Å². The first-order valence-corrected chi connectivity index (χ1v) is 5.74. The molecule has 0 heterocycles. The summed E-state index contributed by atoms with van der Waals surface area (Å²) >= 11 is 0. The van der Waals surface area contributed by atoms with E-state index in [9.17, 15) is 4.79 Å². The van der Waals surface area contributed by atoms with Gasteiger partial charge in [0.25, 0.3) is 0 Å². The summed E-state index contributed by atoms with van der Waals surface area (Å²) in [5.74, 6) is 0.846. The fraction of sp³-hybridized carbons (Fsp3) is 0.500. The predicted molar refractivity (Wildman–Crippen MR) is 61.9 cm³/mol. The lowest BCUT2D eigenvalue weighted by Gasteiger charge is -2.27. The van der Waals surface area contributed by atoms with Crippen LogP contribution in [-0.4, -0.2) is 5.78 Å². The van der Waals surface area contributed by atoms with Gasteiger partial charge in [-0.05, 0) is 18.8 Å². The van der Waals surface area contributed by atoms with Gasteiger partial charge in [0, 0.05) is 11.0 Å². The summed E-state index contributed by atoms with van der Waals surface area (Å²) < 4.78 is 0. The molecular weight excluding hydrogens is 184 g/mol. The largest absolute Gasteiger partial charge is 0.294 e. The van der Waals surface area contributed by atoms with Gasteiger partial charge in [0.05, 0.1) is 0 Å². The van der Waals surface area contributed by atoms with Crippen LogP contribution in [0.5, 0.6) is 0 Å². The highest BCUT2D eigenvalue weighted by atomic mass is 16.1. The van der Waals surface area contributed by atoms with Crippen molar-refractivity contribution in [2.45, 2.75) is 33.1 Å². The first-order chi connectivity index (χ1) is 7.14. The van der Waals surface area contributed by atoms with Gasteiger partial charge in [-0.3, -0.25) is 4.79 Å². The van der Waals surface area contributed by atoms with Crippen molar-refractivity contribution >= 4 is 5.78 Å². The van der Waals surface area contributed by atoms with E-state index in [1.54, 1.807) is 0 Å². The van der Waals surface area contributed by atoms with Crippen LogP contribution in [0.1, 0.15) is 43.5 Å². The second kappa shape index (κ2) is 3.80. The number of rotatable bonds is 2. The zero-order valence-electron chi connectivity index (χ0n) is 9.49. The fourth-order valence-electron chi connectivity index (χ4n) is 2.60. The molecule has 1 nitrogen and oxygen atoms in total. The molecule has 15 heavy (non-hydrogen) atoms. The maximum atomic E-state index is 12.4. The number of Topliss-reactive ketones (excluding diaryl/α,β-unsaturated/α-hetero) is 1. The van der Waals surface area contributed by atoms with Gasteiger partial charge in [-0.25, -0.2) is 0 Å². The zero-order chi connectivity index (χ0) is 10.9. The quantitative estimate of drug-likeness (QED) is 0.668.